The molecule has 1 atom stereocenters. The lowest BCUT2D eigenvalue weighted by Gasteiger charge is -2.20. The predicted molar refractivity (Wildman–Crippen MR) is 57.4 cm³/mol. The molecule has 0 amide bonds. The maximum Gasteiger partial charge on any atom is 0.252 e. The molecule has 2 heterocycles. The average molecular weight is 243 g/mol. The van der Waals surface area contributed by atoms with Crippen LogP contribution in [0.1, 0.15) is 17.8 Å². The lowest BCUT2D eigenvalue weighted by molar-refractivity contribution is 0.0208. The standard InChI is InChI=1S/C10H17N3O4/c1-14-4-5-15-7-9-12-10(13-17-9)8-6-11-2-3-16-8/h8,11H,2-7H2,1H3. The van der Waals surface area contributed by atoms with Crippen molar-refractivity contribution in [1.82, 2.24) is 15.5 Å². The fourth-order valence-corrected chi connectivity index (χ4v) is 1.49. The number of morpholine rings is 1. The van der Waals surface area contributed by atoms with Gasteiger partial charge in [0.2, 0.25) is 5.82 Å². The Morgan fingerprint density at radius 3 is 3.18 bits per heavy atom. The minimum atomic E-state index is -0.125. The Bertz CT molecular complexity index is 325. The fraction of sp³-hybridized carbons (Fsp3) is 0.800. The van der Waals surface area contributed by atoms with Crippen molar-refractivity contribution in [2.24, 2.45) is 0 Å². The highest BCUT2D eigenvalue weighted by Crippen LogP contribution is 2.15. The van der Waals surface area contributed by atoms with Gasteiger partial charge in [-0.3, -0.25) is 0 Å². The van der Waals surface area contributed by atoms with Gasteiger partial charge in [0.25, 0.3) is 5.89 Å². The highest BCUT2D eigenvalue weighted by atomic mass is 16.5. The molecule has 1 aliphatic heterocycles. The summed E-state index contributed by atoms with van der Waals surface area (Å²) >= 11 is 0. The van der Waals surface area contributed by atoms with Crippen LogP contribution in [-0.2, 0) is 20.8 Å². The normalized spacial score (nSPS) is 20.6. The van der Waals surface area contributed by atoms with Crippen LogP contribution >= 0.6 is 0 Å². The third-order valence-electron chi connectivity index (χ3n) is 2.36. The maximum absolute atomic E-state index is 5.51. The summed E-state index contributed by atoms with van der Waals surface area (Å²) in [6.07, 6.45) is -0.125. The lowest BCUT2D eigenvalue weighted by Crippen LogP contribution is -2.33. The number of hydrogen-bond donors (Lipinski definition) is 1. The molecule has 1 unspecified atom stereocenters. The first-order valence-electron chi connectivity index (χ1n) is 5.61. The van der Waals surface area contributed by atoms with Gasteiger partial charge in [-0.15, -0.1) is 0 Å². The molecule has 1 fully saturated rings. The first-order valence-corrected chi connectivity index (χ1v) is 5.61. The third-order valence-corrected chi connectivity index (χ3v) is 2.36. The topological polar surface area (TPSA) is 78.6 Å². The molecule has 0 bridgehead atoms. The molecule has 0 aliphatic carbocycles. The van der Waals surface area contributed by atoms with Crippen molar-refractivity contribution < 1.29 is 18.7 Å². The summed E-state index contributed by atoms with van der Waals surface area (Å²) in [7, 11) is 1.63. The Labute approximate surface area is 99.4 Å². The molecule has 7 nitrogen and oxygen atoms in total. The van der Waals surface area contributed by atoms with E-state index in [9.17, 15) is 0 Å². The van der Waals surface area contributed by atoms with Crippen molar-refractivity contribution in [2.75, 3.05) is 40.0 Å². The minimum Gasteiger partial charge on any atom is -0.382 e. The van der Waals surface area contributed by atoms with E-state index in [0.29, 0.717) is 44.7 Å². The predicted octanol–water partition coefficient (Wildman–Crippen LogP) is -0.107. The lowest BCUT2D eigenvalue weighted by atomic mass is 10.3. The van der Waals surface area contributed by atoms with Gasteiger partial charge < -0.3 is 24.1 Å². The molecule has 7 heteroatoms. The van der Waals surface area contributed by atoms with E-state index in [1.165, 1.54) is 0 Å². The Morgan fingerprint density at radius 2 is 2.41 bits per heavy atom. The average Bonchev–Trinajstić information content (AvgIpc) is 2.85. The maximum atomic E-state index is 5.51. The van der Waals surface area contributed by atoms with Gasteiger partial charge in [0.1, 0.15) is 12.7 Å². The van der Waals surface area contributed by atoms with Crippen LogP contribution in [-0.4, -0.2) is 50.2 Å². The summed E-state index contributed by atoms with van der Waals surface area (Å²) in [5.41, 5.74) is 0. The van der Waals surface area contributed by atoms with E-state index < -0.39 is 0 Å². The van der Waals surface area contributed by atoms with Crippen LogP contribution in [0.4, 0.5) is 0 Å². The van der Waals surface area contributed by atoms with Crippen molar-refractivity contribution in [1.29, 1.82) is 0 Å². The molecule has 17 heavy (non-hydrogen) atoms. The zero-order valence-corrected chi connectivity index (χ0v) is 9.85. The molecule has 0 saturated carbocycles. The summed E-state index contributed by atoms with van der Waals surface area (Å²) in [6.45, 7) is 3.60. The summed E-state index contributed by atoms with van der Waals surface area (Å²) in [5.74, 6) is 1.04. The molecule has 1 aromatic heterocycles. The number of nitrogens with zero attached hydrogens (tertiary/aromatic N) is 2. The van der Waals surface area contributed by atoms with Crippen molar-refractivity contribution >= 4 is 0 Å². The zero-order valence-electron chi connectivity index (χ0n) is 9.85. The van der Waals surface area contributed by atoms with E-state index in [1.54, 1.807) is 7.11 Å². The highest BCUT2D eigenvalue weighted by Gasteiger charge is 2.21. The molecular weight excluding hydrogens is 226 g/mol. The minimum absolute atomic E-state index is 0.125. The van der Waals surface area contributed by atoms with Gasteiger partial charge in [0.15, 0.2) is 0 Å². The zero-order chi connectivity index (χ0) is 11.9. The second kappa shape index (κ2) is 6.65. The van der Waals surface area contributed by atoms with Gasteiger partial charge in [0, 0.05) is 20.2 Å². The van der Waals surface area contributed by atoms with Crippen LogP contribution in [0.15, 0.2) is 4.52 Å². The molecule has 1 aromatic rings. The molecule has 1 saturated heterocycles. The Balaban J connectivity index is 1.78. The Morgan fingerprint density at radius 1 is 1.47 bits per heavy atom. The second-order valence-electron chi connectivity index (χ2n) is 3.66. The molecule has 0 aromatic carbocycles. The van der Waals surface area contributed by atoms with Crippen molar-refractivity contribution in [3.63, 3.8) is 0 Å². The second-order valence-corrected chi connectivity index (χ2v) is 3.66. The van der Waals surface area contributed by atoms with Crippen LogP contribution in [0, 0.1) is 0 Å². The van der Waals surface area contributed by atoms with Gasteiger partial charge in [-0.1, -0.05) is 5.16 Å². The molecule has 1 N–H and O–H groups in total. The first kappa shape index (κ1) is 12.4. The van der Waals surface area contributed by atoms with Crippen LogP contribution in [0.25, 0.3) is 0 Å². The molecular formula is C10H17N3O4. The van der Waals surface area contributed by atoms with Crippen molar-refractivity contribution in [2.45, 2.75) is 12.7 Å². The van der Waals surface area contributed by atoms with Gasteiger partial charge in [-0.05, 0) is 0 Å². The number of methoxy groups -OCH3 is 1. The van der Waals surface area contributed by atoms with Crippen LogP contribution in [0.5, 0.6) is 0 Å². The summed E-state index contributed by atoms with van der Waals surface area (Å²) < 4.78 is 20.7. The number of ether oxygens (including phenoxy) is 3. The molecule has 1 aliphatic rings. The van der Waals surface area contributed by atoms with Crippen molar-refractivity contribution in [3.05, 3.63) is 11.7 Å². The Kier molecular flexibility index (Phi) is 4.87. The van der Waals surface area contributed by atoms with Gasteiger partial charge >= 0.3 is 0 Å². The highest BCUT2D eigenvalue weighted by molar-refractivity contribution is 4.92. The van der Waals surface area contributed by atoms with Gasteiger partial charge in [-0.25, -0.2) is 0 Å². The molecule has 96 valence electrons. The van der Waals surface area contributed by atoms with E-state index in [4.69, 9.17) is 18.7 Å². The summed E-state index contributed by atoms with van der Waals surface area (Å²) in [5, 5.41) is 7.08. The monoisotopic (exact) mass is 243 g/mol. The SMILES string of the molecule is COCCOCc1nc(C2CNCCO2)no1. The fourth-order valence-electron chi connectivity index (χ4n) is 1.49. The van der Waals surface area contributed by atoms with E-state index in [0.717, 1.165) is 6.54 Å². The van der Waals surface area contributed by atoms with Gasteiger partial charge in [0.05, 0.1) is 19.8 Å². The summed E-state index contributed by atoms with van der Waals surface area (Å²) in [6, 6.07) is 0. The molecule has 2 rings (SSSR count). The molecule has 0 radical (unpaired) electrons. The van der Waals surface area contributed by atoms with E-state index in [2.05, 4.69) is 15.5 Å². The summed E-state index contributed by atoms with van der Waals surface area (Å²) in [4.78, 5) is 4.22. The first-order chi connectivity index (χ1) is 8.40. The quantitative estimate of drug-likeness (QED) is 0.698. The van der Waals surface area contributed by atoms with Crippen molar-refractivity contribution in [3.8, 4) is 0 Å². The van der Waals surface area contributed by atoms with Crippen LogP contribution in [0.3, 0.4) is 0 Å². The van der Waals surface area contributed by atoms with Gasteiger partial charge in [-0.2, -0.15) is 4.98 Å². The van der Waals surface area contributed by atoms with E-state index in [1.807, 2.05) is 0 Å². The third kappa shape index (κ3) is 3.74. The van der Waals surface area contributed by atoms with Crippen LogP contribution < -0.4 is 5.32 Å². The number of nitrogens with one attached hydrogen (secondary N) is 1. The number of aromatic nitrogens is 2. The molecule has 0 spiro atoms. The largest absolute Gasteiger partial charge is 0.382 e. The number of rotatable bonds is 6. The number of hydrogen-bond acceptors (Lipinski definition) is 7. The van der Waals surface area contributed by atoms with E-state index in [-0.39, 0.29) is 6.10 Å². The smallest absolute Gasteiger partial charge is 0.252 e. The Hall–Kier alpha value is -1.02. The van der Waals surface area contributed by atoms with E-state index >= 15 is 0 Å². The van der Waals surface area contributed by atoms with Crippen LogP contribution in [0.2, 0.25) is 0 Å².